The molecule has 0 aliphatic heterocycles. The van der Waals surface area contributed by atoms with Gasteiger partial charge in [0.25, 0.3) is 5.69 Å². The number of nitrogens with zero attached hydrogens (tertiary/aromatic N) is 1. The summed E-state index contributed by atoms with van der Waals surface area (Å²) in [5.74, 6) is 0.0124. The van der Waals surface area contributed by atoms with E-state index in [4.69, 9.17) is 10.5 Å². The summed E-state index contributed by atoms with van der Waals surface area (Å²) in [6.45, 7) is 1.76. The highest BCUT2D eigenvalue weighted by Gasteiger charge is 2.12. The van der Waals surface area contributed by atoms with Crippen molar-refractivity contribution in [3.05, 3.63) is 63.5 Å². The largest absolute Gasteiger partial charge is 0.489 e. The number of halogens is 1. The second-order valence-corrected chi connectivity index (χ2v) is 4.35. The number of hydrogen-bond acceptors (Lipinski definition) is 4. The van der Waals surface area contributed by atoms with Crippen LogP contribution < -0.4 is 10.5 Å². The van der Waals surface area contributed by atoms with Crippen molar-refractivity contribution in [2.24, 2.45) is 0 Å². The molecule has 0 unspecified atom stereocenters. The third-order valence-electron chi connectivity index (χ3n) is 2.84. The zero-order chi connectivity index (χ0) is 14.7. The number of aryl methyl sites for hydroxylation is 1. The lowest BCUT2D eigenvalue weighted by atomic mass is 10.2. The van der Waals surface area contributed by atoms with Crippen molar-refractivity contribution >= 4 is 11.4 Å². The van der Waals surface area contributed by atoms with E-state index in [1.54, 1.807) is 25.1 Å². The number of nitro benzene ring substituents is 1. The van der Waals surface area contributed by atoms with Crippen LogP contribution in [0.2, 0.25) is 0 Å². The maximum Gasteiger partial charge on any atom is 0.292 e. The number of nitro groups is 1. The van der Waals surface area contributed by atoms with E-state index in [1.807, 2.05) is 0 Å². The van der Waals surface area contributed by atoms with Gasteiger partial charge in [-0.05, 0) is 30.2 Å². The van der Waals surface area contributed by atoms with Crippen molar-refractivity contribution in [3.63, 3.8) is 0 Å². The second-order valence-electron chi connectivity index (χ2n) is 4.35. The van der Waals surface area contributed by atoms with Crippen LogP contribution in [0.25, 0.3) is 0 Å². The normalized spacial score (nSPS) is 10.3. The van der Waals surface area contributed by atoms with E-state index in [0.29, 0.717) is 16.9 Å². The number of benzene rings is 2. The summed E-state index contributed by atoms with van der Waals surface area (Å²) < 4.78 is 18.7. The number of anilines is 1. The van der Waals surface area contributed by atoms with Crippen molar-refractivity contribution in [2.75, 3.05) is 5.73 Å². The third-order valence-corrected chi connectivity index (χ3v) is 2.84. The summed E-state index contributed by atoms with van der Waals surface area (Å²) in [5.41, 5.74) is 6.55. The van der Waals surface area contributed by atoms with Gasteiger partial charge in [0, 0.05) is 12.1 Å². The average Bonchev–Trinajstić information content (AvgIpc) is 2.41. The van der Waals surface area contributed by atoms with Gasteiger partial charge >= 0.3 is 0 Å². The Kier molecular flexibility index (Phi) is 3.84. The molecule has 6 heteroatoms. The van der Waals surface area contributed by atoms with E-state index < -0.39 is 4.92 Å². The van der Waals surface area contributed by atoms with Crippen molar-refractivity contribution < 1.29 is 14.1 Å². The van der Waals surface area contributed by atoms with Crippen LogP contribution in [0.3, 0.4) is 0 Å². The van der Waals surface area contributed by atoms with Gasteiger partial charge in [0.15, 0.2) is 0 Å². The molecule has 2 rings (SSSR count). The minimum absolute atomic E-state index is 0.0973. The lowest BCUT2D eigenvalue weighted by Crippen LogP contribution is -2.00. The molecule has 0 saturated heterocycles. The van der Waals surface area contributed by atoms with E-state index in [1.165, 1.54) is 18.2 Å². The highest BCUT2D eigenvalue weighted by atomic mass is 19.1. The molecule has 2 N–H and O–H groups in total. The number of ether oxygens (including phenoxy) is 1. The topological polar surface area (TPSA) is 78.4 Å². The summed E-state index contributed by atoms with van der Waals surface area (Å²) in [7, 11) is 0. The molecule has 104 valence electrons. The van der Waals surface area contributed by atoms with Crippen LogP contribution in [0.4, 0.5) is 15.8 Å². The van der Waals surface area contributed by atoms with E-state index in [0.717, 1.165) is 0 Å². The molecular weight excluding hydrogens is 263 g/mol. The Labute approximate surface area is 114 Å². The van der Waals surface area contributed by atoms with E-state index >= 15 is 0 Å². The van der Waals surface area contributed by atoms with Crippen LogP contribution in [0.5, 0.6) is 5.75 Å². The zero-order valence-electron chi connectivity index (χ0n) is 10.8. The minimum atomic E-state index is -0.551. The molecule has 0 bridgehead atoms. The van der Waals surface area contributed by atoms with Crippen LogP contribution in [0.15, 0.2) is 36.4 Å². The Morgan fingerprint density at radius 1 is 1.30 bits per heavy atom. The number of hydrogen-bond donors (Lipinski definition) is 1. The van der Waals surface area contributed by atoms with Gasteiger partial charge in [-0.15, -0.1) is 0 Å². The fourth-order valence-corrected chi connectivity index (χ4v) is 1.67. The average molecular weight is 276 g/mol. The van der Waals surface area contributed by atoms with Crippen LogP contribution in [-0.4, -0.2) is 4.92 Å². The Morgan fingerprint density at radius 2 is 2.05 bits per heavy atom. The maximum absolute atomic E-state index is 13.3. The third kappa shape index (κ3) is 3.03. The standard InChI is InChI=1S/C14H13FN2O3/c1-9-2-4-11(7-12(9)15)20-8-10-3-5-13(16)14(6-10)17(18)19/h2-7H,8,16H2,1H3. The molecule has 20 heavy (non-hydrogen) atoms. The molecule has 0 saturated carbocycles. The molecule has 0 spiro atoms. The second kappa shape index (κ2) is 5.56. The summed E-state index contributed by atoms with van der Waals surface area (Å²) in [5, 5.41) is 10.8. The molecule has 5 nitrogen and oxygen atoms in total. The first-order valence-corrected chi connectivity index (χ1v) is 5.89. The van der Waals surface area contributed by atoms with E-state index in [2.05, 4.69) is 0 Å². The summed E-state index contributed by atoms with van der Waals surface area (Å²) >= 11 is 0. The quantitative estimate of drug-likeness (QED) is 0.528. The zero-order valence-corrected chi connectivity index (χ0v) is 10.8. The van der Waals surface area contributed by atoms with Gasteiger partial charge in [-0.25, -0.2) is 4.39 Å². The van der Waals surface area contributed by atoms with Gasteiger partial charge in [0.1, 0.15) is 23.9 Å². The predicted molar refractivity (Wildman–Crippen MR) is 73.0 cm³/mol. The molecule has 0 amide bonds. The van der Waals surface area contributed by atoms with Crippen LogP contribution in [-0.2, 0) is 6.61 Å². The molecule has 0 aliphatic rings. The monoisotopic (exact) mass is 276 g/mol. The number of nitrogens with two attached hydrogens (primary N) is 1. The molecule has 0 atom stereocenters. The van der Waals surface area contributed by atoms with Gasteiger partial charge in [0.05, 0.1) is 4.92 Å². The molecule has 0 fully saturated rings. The molecular formula is C14H13FN2O3. The highest BCUT2D eigenvalue weighted by molar-refractivity contribution is 5.59. The first-order chi connectivity index (χ1) is 9.47. The van der Waals surface area contributed by atoms with Crippen LogP contribution >= 0.6 is 0 Å². The summed E-state index contributed by atoms with van der Waals surface area (Å²) in [4.78, 5) is 10.2. The Morgan fingerprint density at radius 3 is 2.70 bits per heavy atom. The molecule has 0 aromatic heterocycles. The molecule has 2 aromatic rings. The molecule has 0 radical (unpaired) electrons. The molecule has 0 aliphatic carbocycles. The van der Waals surface area contributed by atoms with Crippen LogP contribution in [0, 0.1) is 22.9 Å². The summed E-state index contributed by atoms with van der Waals surface area (Å²) in [6, 6.07) is 8.96. The van der Waals surface area contributed by atoms with Crippen molar-refractivity contribution in [1.82, 2.24) is 0 Å². The van der Waals surface area contributed by atoms with E-state index in [-0.39, 0.29) is 23.8 Å². The van der Waals surface area contributed by atoms with Crippen molar-refractivity contribution in [2.45, 2.75) is 13.5 Å². The lowest BCUT2D eigenvalue weighted by Gasteiger charge is -2.07. The number of rotatable bonds is 4. The number of nitrogen functional groups attached to an aromatic ring is 1. The molecule has 2 aromatic carbocycles. The van der Waals surface area contributed by atoms with Gasteiger partial charge < -0.3 is 10.5 Å². The van der Waals surface area contributed by atoms with Gasteiger partial charge in [-0.2, -0.15) is 0 Å². The maximum atomic E-state index is 13.3. The Hall–Kier alpha value is -2.63. The highest BCUT2D eigenvalue weighted by Crippen LogP contribution is 2.23. The van der Waals surface area contributed by atoms with Gasteiger partial charge in [0.2, 0.25) is 0 Å². The predicted octanol–water partition coefficient (Wildman–Crippen LogP) is 3.20. The fraction of sp³-hybridized carbons (Fsp3) is 0.143. The van der Waals surface area contributed by atoms with Crippen molar-refractivity contribution in [3.8, 4) is 5.75 Å². The summed E-state index contributed by atoms with van der Waals surface area (Å²) in [6.07, 6.45) is 0. The van der Waals surface area contributed by atoms with Gasteiger partial charge in [-0.1, -0.05) is 12.1 Å². The molecule has 0 heterocycles. The minimum Gasteiger partial charge on any atom is -0.489 e. The smallest absolute Gasteiger partial charge is 0.292 e. The lowest BCUT2D eigenvalue weighted by molar-refractivity contribution is -0.384. The van der Waals surface area contributed by atoms with Crippen molar-refractivity contribution in [1.29, 1.82) is 0 Å². The van der Waals surface area contributed by atoms with Gasteiger partial charge in [-0.3, -0.25) is 10.1 Å². The Balaban J connectivity index is 2.12. The Bertz CT molecular complexity index is 659. The van der Waals surface area contributed by atoms with Crippen LogP contribution in [0.1, 0.15) is 11.1 Å². The first kappa shape index (κ1) is 13.8. The first-order valence-electron chi connectivity index (χ1n) is 5.89. The SMILES string of the molecule is Cc1ccc(OCc2ccc(N)c([N+](=O)[O-])c2)cc1F. The fourth-order valence-electron chi connectivity index (χ4n) is 1.67. The van der Waals surface area contributed by atoms with E-state index in [9.17, 15) is 14.5 Å².